The molecule has 0 radical (unpaired) electrons. The van der Waals surface area contributed by atoms with Gasteiger partial charge in [0.1, 0.15) is 0 Å². The van der Waals surface area contributed by atoms with Gasteiger partial charge in [-0.05, 0) is 52.9 Å². The fourth-order valence-electron chi connectivity index (χ4n) is 2.06. The summed E-state index contributed by atoms with van der Waals surface area (Å²) in [5.74, 6) is 1.92. The molecule has 1 rings (SSSR count). The smallest absolute Gasteiger partial charge is 0.000669 e. The lowest BCUT2D eigenvalue weighted by Gasteiger charge is -2.39. The van der Waals surface area contributed by atoms with Crippen molar-refractivity contribution in [3.8, 4) is 0 Å². The second-order valence-corrected chi connectivity index (χ2v) is 4.62. The van der Waals surface area contributed by atoms with Gasteiger partial charge in [0, 0.05) is 13.1 Å². The van der Waals surface area contributed by atoms with Gasteiger partial charge >= 0.3 is 0 Å². The van der Waals surface area contributed by atoms with E-state index in [1.807, 2.05) is 0 Å². The minimum absolute atomic E-state index is 0.961. The van der Waals surface area contributed by atoms with Crippen LogP contribution in [-0.4, -0.2) is 51.1 Å². The molecule has 72 valence electrons. The van der Waals surface area contributed by atoms with Crippen LogP contribution in [-0.2, 0) is 0 Å². The third-order valence-electron chi connectivity index (χ3n) is 2.77. The molecule has 1 aliphatic rings. The fourth-order valence-corrected chi connectivity index (χ4v) is 2.06. The van der Waals surface area contributed by atoms with Gasteiger partial charge in [0.15, 0.2) is 0 Å². The highest BCUT2D eigenvalue weighted by molar-refractivity contribution is 4.83. The summed E-state index contributed by atoms with van der Waals surface area (Å²) in [6, 6.07) is 0. The molecule has 0 spiro atoms. The summed E-state index contributed by atoms with van der Waals surface area (Å²) < 4.78 is 0. The van der Waals surface area contributed by atoms with Crippen molar-refractivity contribution in [2.75, 3.05) is 41.3 Å². The van der Waals surface area contributed by atoms with Crippen molar-refractivity contribution >= 4 is 0 Å². The molecule has 1 aliphatic carbocycles. The molecule has 12 heavy (non-hydrogen) atoms. The minimum Gasteiger partial charge on any atom is -0.309 e. The van der Waals surface area contributed by atoms with Crippen LogP contribution in [0.4, 0.5) is 0 Å². The summed E-state index contributed by atoms with van der Waals surface area (Å²) in [5.41, 5.74) is 0. The Bertz CT molecular complexity index is 116. The molecule has 0 aromatic heterocycles. The average Bonchev–Trinajstić information content (AvgIpc) is 1.93. The largest absolute Gasteiger partial charge is 0.309 e. The Hall–Kier alpha value is -0.0800. The zero-order chi connectivity index (χ0) is 9.14. The molecular weight excluding hydrogens is 148 g/mol. The molecule has 2 nitrogen and oxygen atoms in total. The molecule has 0 bridgehead atoms. The molecule has 0 saturated heterocycles. The highest BCUT2D eigenvalue weighted by atomic mass is 15.1. The first-order valence-corrected chi connectivity index (χ1v) is 4.89. The molecule has 1 fully saturated rings. The Kier molecular flexibility index (Phi) is 3.53. The van der Waals surface area contributed by atoms with Gasteiger partial charge < -0.3 is 9.80 Å². The maximum absolute atomic E-state index is 2.31. The summed E-state index contributed by atoms with van der Waals surface area (Å²) in [6.07, 6.45) is 2.88. The highest BCUT2D eigenvalue weighted by Gasteiger charge is 2.30. The second kappa shape index (κ2) is 4.24. The molecule has 0 amide bonds. The van der Waals surface area contributed by atoms with E-state index in [4.69, 9.17) is 0 Å². The number of nitrogens with zero attached hydrogens (tertiary/aromatic N) is 2. The van der Waals surface area contributed by atoms with Gasteiger partial charge in [-0.25, -0.2) is 0 Å². The van der Waals surface area contributed by atoms with Gasteiger partial charge in [-0.3, -0.25) is 0 Å². The fraction of sp³-hybridized carbons (Fsp3) is 1.00. The molecule has 0 aromatic rings. The standard InChI is InChI=1S/C10H22N2/c1-11(2)7-9-5-6-10(9)8-12(3)4/h9-10H,5-8H2,1-4H3/t9-,10-/m0/s1. The van der Waals surface area contributed by atoms with E-state index in [0.29, 0.717) is 0 Å². The summed E-state index contributed by atoms with van der Waals surface area (Å²) in [4.78, 5) is 4.62. The van der Waals surface area contributed by atoms with Crippen molar-refractivity contribution in [1.29, 1.82) is 0 Å². The van der Waals surface area contributed by atoms with Gasteiger partial charge in [0.2, 0.25) is 0 Å². The van der Waals surface area contributed by atoms with Crippen LogP contribution in [0.3, 0.4) is 0 Å². The van der Waals surface area contributed by atoms with Crippen molar-refractivity contribution in [3.05, 3.63) is 0 Å². The van der Waals surface area contributed by atoms with Gasteiger partial charge in [-0.2, -0.15) is 0 Å². The quantitative estimate of drug-likeness (QED) is 0.624. The Morgan fingerprint density at radius 2 is 1.17 bits per heavy atom. The van der Waals surface area contributed by atoms with Gasteiger partial charge in [0.05, 0.1) is 0 Å². The zero-order valence-corrected chi connectivity index (χ0v) is 8.88. The summed E-state index contributed by atoms with van der Waals surface area (Å²) >= 11 is 0. The molecule has 2 atom stereocenters. The van der Waals surface area contributed by atoms with Crippen molar-refractivity contribution in [3.63, 3.8) is 0 Å². The molecule has 0 aliphatic heterocycles. The van der Waals surface area contributed by atoms with Crippen LogP contribution in [0.2, 0.25) is 0 Å². The molecule has 1 saturated carbocycles. The molecule has 2 heteroatoms. The van der Waals surface area contributed by atoms with Gasteiger partial charge in [-0.1, -0.05) is 0 Å². The first kappa shape index (κ1) is 10.0. The minimum atomic E-state index is 0.961. The van der Waals surface area contributed by atoms with Crippen molar-refractivity contribution in [1.82, 2.24) is 9.80 Å². The van der Waals surface area contributed by atoms with Crippen LogP contribution < -0.4 is 0 Å². The third-order valence-corrected chi connectivity index (χ3v) is 2.77. The Balaban J connectivity index is 2.20. The lowest BCUT2D eigenvalue weighted by Crippen LogP contribution is -2.40. The maximum Gasteiger partial charge on any atom is 0.000669 e. The third kappa shape index (κ3) is 2.76. The van der Waals surface area contributed by atoms with Crippen LogP contribution in [0.25, 0.3) is 0 Å². The van der Waals surface area contributed by atoms with Crippen LogP contribution in [0.5, 0.6) is 0 Å². The molecule has 0 N–H and O–H groups in total. The van der Waals surface area contributed by atoms with Crippen molar-refractivity contribution < 1.29 is 0 Å². The first-order chi connectivity index (χ1) is 5.59. The predicted molar refractivity (Wildman–Crippen MR) is 53.3 cm³/mol. The van der Waals surface area contributed by atoms with Crippen LogP contribution in [0.15, 0.2) is 0 Å². The number of hydrogen-bond acceptors (Lipinski definition) is 2. The molecule has 0 unspecified atom stereocenters. The van der Waals surface area contributed by atoms with Crippen LogP contribution >= 0.6 is 0 Å². The number of hydrogen-bond donors (Lipinski definition) is 0. The van der Waals surface area contributed by atoms with E-state index in [1.165, 1.54) is 25.9 Å². The van der Waals surface area contributed by atoms with E-state index in [1.54, 1.807) is 0 Å². The zero-order valence-electron chi connectivity index (χ0n) is 8.88. The number of rotatable bonds is 4. The highest BCUT2D eigenvalue weighted by Crippen LogP contribution is 2.34. The molecule has 0 aromatic carbocycles. The van der Waals surface area contributed by atoms with Crippen molar-refractivity contribution in [2.45, 2.75) is 12.8 Å². The van der Waals surface area contributed by atoms with E-state index < -0.39 is 0 Å². The SMILES string of the molecule is CN(C)C[C@@H]1CC[C@H]1CN(C)C. The van der Waals surface area contributed by atoms with E-state index in [0.717, 1.165) is 11.8 Å². The lowest BCUT2D eigenvalue weighted by atomic mass is 9.73. The van der Waals surface area contributed by atoms with Crippen molar-refractivity contribution in [2.24, 2.45) is 11.8 Å². The maximum atomic E-state index is 2.31. The van der Waals surface area contributed by atoms with Crippen LogP contribution in [0, 0.1) is 11.8 Å². The van der Waals surface area contributed by atoms with Gasteiger partial charge in [0.25, 0.3) is 0 Å². The predicted octanol–water partition coefficient (Wildman–Crippen LogP) is 1.14. The van der Waals surface area contributed by atoms with Gasteiger partial charge in [-0.15, -0.1) is 0 Å². The van der Waals surface area contributed by atoms with E-state index in [9.17, 15) is 0 Å². The normalized spacial score (nSPS) is 29.5. The van der Waals surface area contributed by atoms with Crippen LogP contribution in [0.1, 0.15) is 12.8 Å². The summed E-state index contributed by atoms with van der Waals surface area (Å²) in [5, 5.41) is 0. The lowest BCUT2D eigenvalue weighted by molar-refractivity contribution is 0.105. The topological polar surface area (TPSA) is 6.48 Å². The first-order valence-electron chi connectivity index (χ1n) is 4.89. The van der Waals surface area contributed by atoms with E-state index in [2.05, 4.69) is 38.0 Å². The monoisotopic (exact) mass is 170 g/mol. The Labute approximate surface area is 76.5 Å². The second-order valence-electron chi connectivity index (χ2n) is 4.62. The molecular formula is C10H22N2. The summed E-state index contributed by atoms with van der Waals surface area (Å²) in [6.45, 7) is 2.55. The molecule has 0 heterocycles. The Morgan fingerprint density at radius 1 is 0.833 bits per heavy atom. The Morgan fingerprint density at radius 3 is 1.33 bits per heavy atom. The van der Waals surface area contributed by atoms with E-state index >= 15 is 0 Å². The average molecular weight is 170 g/mol. The summed E-state index contributed by atoms with van der Waals surface area (Å²) in [7, 11) is 8.69. The van der Waals surface area contributed by atoms with E-state index in [-0.39, 0.29) is 0 Å².